The number of carbonyl (C=O) groups is 2. The van der Waals surface area contributed by atoms with Crippen molar-refractivity contribution in [3.8, 4) is 0 Å². The van der Waals surface area contributed by atoms with Crippen LogP contribution in [0.1, 0.15) is 10.4 Å². The minimum absolute atomic E-state index is 0.104. The summed E-state index contributed by atoms with van der Waals surface area (Å²) in [6.45, 7) is 1.43. The monoisotopic (exact) mass is 244 g/mol. The van der Waals surface area contributed by atoms with E-state index in [0.29, 0.717) is 17.8 Å². The lowest BCUT2D eigenvalue weighted by Gasteiger charge is -2.32. The average molecular weight is 244 g/mol. The Balaban J connectivity index is 2.26. The Kier molecular flexibility index (Phi) is 3.46. The number of hydrogen-bond acceptors (Lipinski definition) is 3. The third-order valence-corrected chi connectivity index (χ3v) is 3.07. The molecular weight excluding hydrogens is 228 g/mol. The zero-order valence-electron chi connectivity index (χ0n) is 10.6. The van der Waals surface area contributed by atoms with Gasteiger partial charge in [-0.2, -0.15) is 0 Å². The van der Waals surface area contributed by atoms with Gasteiger partial charge in [0.15, 0.2) is 5.78 Å². The highest BCUT2D eigenvalue weighted by atomic mass is 16.2. The van der Waals surface area contributed by atoms with Crippen LogP contribution in [0.15, 0.2) is 42.1 Å². The van der Waals surface area contributed by atoms with Gasteiger partial charge in [0.05, 0.1) is 0 Å². The Labute approximate surface area is 106 Å². The van der Waals surface area contributed by atoms with Crippen LogP contribution in [0, 0.1) is 0 Å². The molecule has 0 unspecified atom stereocenters. The maximum atomic E-state index is 12.0. The maximum absolute atomic E-state index is 12.0. The predicted octanol–water partition coefficient (Wildman–Crippen LogP) is 1.16. The quantitative estimate of drug-likeness (QED) is 0.579. The van der Waals surface area contributed by atoms with Crippen molar-refractivity contribution in [2.45, 2.75) is 0 Å². The number of benzene rings is 1. The van der Waals surface area contributed by atoms with Crippen LogP contribution in [0.3, 0.4) is 0 Å². The number of likely N-dealkylation sites (N-methyl/N-ethyl adjacent to an activating group) is 2. The zero-order chi connectivity index (χ0) is 13.1. The van der Waals surface area contributed by atoms with Crippen molar-refractivity contribution in [2.24, 2.45) is 0 Å². The van der Waals surface area contributed by atoms with Crippen molar-refractivity contribution in [1.82, 2.24) is 9.80 Å². The number of carbonyl (C=O) groups excluding carboxylic acids is 2. The molecule has 4 heteroatoms. The van der Waals surface area contributed by atoms with Crippen LogP contribution in [-0.2, 0) is 4.79 Å². The molecule has 94 valence electrons. The lowest BCUT2D eigenvalue weighted by atomic mass is 10.1. The molecule has 0 radical (unpaired) electrons. The maximum Gasteiger partial charge on any atom is 0.270 e. The third-order valence-electron chi connectivity index (χ3n) is 3.07. The van der Waals surface area contributed by atoms with Crippen molar-refractivity contribution in [3.63, 3.8) is 0 Å². The number of piperazine rings is 1. The molecule has 0 bridgehead atoms. The van der Waals surface area contributed by atoms with Gasteiger partial charge in [0.1, 0.15) is 5.70 Å². The Hall–Kier alpha value is -2.10. The smallest absolute Gasteiger partial charge is 0.270 e. The molecule has 0 N–H and O–H groups in total. The molecule has 18 heavy (non-hydrogen) atoms. The molecule has 0 aliphatic carbocycles. The summed E-state index contributed by atoms with van der Waals surface area (Å²) in [4.78, 5) is 27.5. The second-order valence-corrected chi connectivity index (χ2v) is 4.41. The Morgan fingerprint density at radius 1 is 1.11 bits per heavy atom. The van der Waals surface area contributed by atoms with Gasteiger partial charge in [-0.3, -0.25) is 9.59 Å². The minimum atomic E-state index is -0.138. The van der Waals surface area contributed by atoms with E-state index >= 15 is 0 Å². The first kappa shape index (κ1) is 12.4. The molecule has 1 aliphatic rings. The molecule has 0 atom stereocenters. The number of allylic oxidation sites excluding steroid dienone is 1. The standard InChI is InChI=1S/C14H16N2O2/c1-15-8-9-16(2)14(18)12(15)10-13(17)11-6-4-3-5-7-11/h3-7,10H,8-9H2,1-2H3/b12-10-. The molecule has 1 amide bonds. The normalized spacial score (nSPS) is 18.3. The number of nitrogens with zero attached hydrogens (tertiary/aromatic N) is 2. The van der Waals surface area contributed by atoms with E-state index in [1.807, 2.05) is 30.1 Å². The summed E-state index contributed by atoms with van der Waals surface area (Å²) in [6.07, 6.45) is 1.42. The van der Waals surface area contributed by atoms with E-state index in [1.54, 1.807) is 24.1 Å². The van der Waals surface area contributed by atoms with Crippen molar-refractivity contribution in [2.75, 3.05) is 27.2 Å². The Morgan fingerprint density at radius 3 is 2.39 bits per heavy atom. The van der Waals surface area contributed by atoms with Crippen LogP contribution in [0.25, 0.3) is 0 Å². The largest absolute Gasteiger partial charge is 0.368 e. The fourth-order valence-corrected chi connectivity index (χ4v) is 1.86. The van der Waals surface area contributed by atoms with Gasteiger partial charge in [0, 0.05) is 38.8 Å². The van der Waals surface area contributed by atoms with Gasteiger partial charge in [-0.1, -0.05) is 30.3 Å². The van der Waals surface area contributed by atoms with Gasteiger partial charge in [0.2, 0.25) is 0 Å². The predicted molar refractivity (Wildman–Crippen MR) is 69.1 cm³/mol. The molecule has 2 rings (SSSR count). The second kappa shape index (κ2) is 5.04. The van der Waals surface area contributed by atoms with Gasteiger partial charge in [-0.15, -0.1) is 0 Å². The fourth-order valence-electron chi connectivity index (χ4n) is 1.86. The van der Waals surface area contributed by atoms with E-state index < -0.39 is 0 Å². The van der Waals surface area contributed by atoms with Crippen LogP contribution >= 0.6 is 0 Å². The van der Waals surface area contributed by atoms with E-state index in [1.165, 1.54) is 6.08 Å². The van der Waals surface area contributed by atoms with Crippen molar-refractivity contribution >= 4 is 11.7 Å². The van der Waals surface area contributed by atoms with Gasteiger partial charge in [-0.25, -0.2) is 0 Å². The second-order valence-electron chi connectivity index (χ2n) is 4.41. The first-order chi connectivity index (χ1) is 8.59. The van der Waals surface area contributed by atoms with Gasteiger partial charge in [0.25, 0.3) is 5.91 Å². The van der Waals surface area contributed by atoms with E-state index in [9.17, 15) is 9.59 Å². The van der Waals surface area contributed by atoms with Gasteiger partial charge < -0.3 is 9.80 Å². The Morgan fingerprint density at radius 2 is 1.72 bits per heavy atom. The van der Waals surface area contributed by atoms with Crippen molar-refractivity contribution < 1.29 is 9.59 Å². The van der Waals surface area contributed by atoms with Crippen LogP contribution < -0.4 is 0 Å². The van der Waals surface area contributed by atoms with E-state index in [2.05, 4.69) is 0 Å². The van der Waals surface area contributed by atoms with E-state index in [0.717, 1.165) is 6.54 Å². The summed E-state index contributed by atoms with van der Waals surface area (Å²) in [5.41, 5.74) is 1.05. The summed E-state index contributed by atoms with van der Waals surface area (Å²) < 4.78 is 0. The fraction of sp³-hybridized carbons (Fsp3) is 0.286. The van der Waals surface area contributed by atoms with E-state index in [4.69, 9.17) is 0 Å². The first-order valence-corrected chi connectivity index (χ1v) is 5.87. The highest BCUT2D eigenvalue weighted by molar-refractivity contribution is 6.09. The van der Waals surface area contributed by atoms with Crippen LogP contribution in [0.4, 0.5) is 0 Å². The summed E-state index contributed by atoms with van der Waals surface area (Å²) in [7, 11) is 3.57. The molecule has 1 aromatic rings. The van der Waals surface area contributed by atoms with E-state index in [-0.39, 0.29) is 11.7 Å². The molecule has 0 saturated carbocycles. The third kappa shape index (κ3) is 2.42. The van der Waals surface area contributed by atoms with Crippen LogP contribution in [-0.4, -0.2) is 48.7 Å². The van der Waals surface area contributed by atoms with Crippen molar-refractivity contribution in [1.29, 1.82) is 0 Å². The highest BCUT2D eigenvalue weighted by Gasteiger charge is 2.24. The highest BCUT2D eigenvalue weighted by Crippen LogP contribution is 2.13. The molecule has 1 fully saturated rings. The number of hydrogen-bond donors (Lipinski definition) is 0. The zero-order valence-corrected chi connectivity index (χ0v) is 10.6. The first-order valence-electron chi connectivity index (χ1n) is 5.87. The topological polar surface area (TPSA) is 40.6 Å². The molecular formula is C14H16N2O2. The van der Waals surface area contributed by atoms with Crippen molar-refractivity contribution in [3.05, 3.63) is 47.7 Å². The summed E-state index contributed by atoms with van der Waals surface area (Å²) in [5.74, 6) is -0.242. The molecule has 1 aliphatic heterocycles. The molecule has 1 aromatic carbocycles. The SMILES string of the molecule is CN1CCN(C)/C(=C\C(=O)c2ccccc2)C1=O. The average Bonchev–Trinajstić information content (AvgIpc) is 2.40. The molecule has 0 spiro atoms. The van der Waals surface area contributed by atoms with Crippen LogP contribution in [0.5, 0.6) is 0 Å². The van der Waals surface area contributed by atoms with Gasteiger partial charge in [-0.05, 0) is 0 Å². The lowest BCUT2D eigenvalue weighted by molar-refractivity contribution is -0.129. The molecule has 1 saturated heterocycles. The number of rotatable bonds is 2. The molecule has 4 nitrogen and oxygen atoms in total. The Bertz CT molecular complexity index is 494. The molecule has 0 aromatic heterocycles. The summed E-state index contributed by atoms with van der Waals surface area (Å²) in [6, 6.07) is 8.97. The molecule has 1 heterocycles. The van der Waals surface area contributed by atoms with Gasteiger partial charge >= 0.3 is 0 Å². The summed E-state index contributed by atoms with van der Waals surface area (Å²) >= 11 is 0. The number of ketones is 1. The number of amides is 1. The van der Waals surface area contributed by atoms with Crippen LogP contribution in [0.2, 0.25) is 0 Å². The summed E-state index contributed by atoms with van der Waals surface area (Å²) in [5, 5.41) is 0. The lowest BCUT2D eigenvalue weighted by Crippen LogP contribution is -2.45. The minimum Gasteiger partial charge on any atom is -0.368 e.